The summed E-state index contributed by atoms with van der Waals surface area (Å²) in [6.45, 7) is 7.59. The van der Waals surface area contributed by atoms with Gasteiger partial charge in [0.15, 0.2) is 0 Å². The zero-order valence-electron chi connectivity index (χ0n) is 24.0. The molecule has 8 nitrogen and oxygen atoms in total. The molecule has 0 unspecified atom stereocenters. The first-order valence-corrected chi connectivity index (χ1v) is 13.9. The Morgan fingerprint density at radius 2 is 1.46 bits per heavy atom. The van der Waals surface area contributed by atoms with Crippen molar-refractivity contribution >= 4 is 18.0 Å². The molecule has 0 aromatic heterocycles. The Hall–Kier alpha value is -4.17. The predicted molar refractivity (Wildman–Crippen MR) is 156 cm³/mol. The molecule has 3 aromatic carbocycles. The van der Waals surface area contributed by atoms with Crippen LogP contribution in [0.25, 0.3) is 11.1 Å². The van der Waals surface area contributed by atoms with Crippen molar-refractivity contribution in [3.63, 3.8) is 0 Å². The van der Waals surface area contributed by atoms with Gasteiger partial charge in [-0.1, -0.05) is 78.9 Å². The van der Waals surface area contributed by atoms with Gasteiger partial charge in [-0.25, -0.2) is 4.79 Å². The summed E-state index contributed by atoms with van der Waals surface area (Å²) in [6, 6.07) is 24.3. The highest BCUT2D eigenvalue weighted by Gasteiger charge is 2.35. The summed E-state index contributed by atoms with van der Waals surface area (Å²) >= 11 is 0. The number of fused-ring (bicyclic) bond motifs is 3. The van der Waals surface area contributed by atoms with Crippen LogP contribution in [0, 0.1) is 0 Å². The van der Waals surface area contributed by atoms with Crippen LogP contribution >= 0.6 is 0 Å². The van der Waals surface area contributed by atoms with Crippen LogP contribution in [0.5, 0.6) is 0 Å². The van der Waals surface area contributed by atoms with Crippen LogP contribution in [-0.4, -0.2) is 58.9 Å². The SMILES string of the molecule is C[C@@H](OC(C)(C)C)[C@H](NC(=O)OCC1c2ccccc2-c2ccccc21)C(=O)N(CCC(=O)O)Cc1ccccc1. The summed E-state index contributed by atoms with van der Waals surface area (Å²) in [4.78, 5) is 39.9. The van der Waals surface area contributed by atoms with Gasteiger partial charge in [0.05, 0.1) is 18.1 Å². The summed E-state index contributed by atoms with van der Waals surface area (Å²) in [6.07, 6.45) is -1.69. The summed E-state index contributed by atoms with van der Waals surface area (Å²) in [5, 5.41) is 12.1. The lowest BCUT2D eigenvalue weighted by atomic mass is 9.98. The highest BCUT2D eigenvalue weighted by Crippen LogP contribution is 2.44. The van der Waals surface area contributed by atoms with Crippen molar-refractivity contribution in [3.8, 4) is 11.1 Å². The summed E-state index contributed by atoms with van der Waals surface area (Å²) < 4.78 is 11.8. The number of hydrogen-bond acceptors (Lipinski definition) is 5. The van der Waals surface area contributed by atoms with Crippen molar-refractivity contribution < 1.29 is 29.0 Å². The Morgan fingerprint density at radius 1 is 0.902 bits per heavy atom. The Bertz CT molecular complexity index is 1320. The number of aliphatic carboxylic acids is 1. The maximum Gasteiger partial charge on any atom is 0.407 e. The average Bonchev–Trinajstić information content (AvgIpc) is 3.25. The van der Waals surface area contributed by atoms with Crippen LogP contribution in [0.1, 0.15) is 56.7 Å². The lowest BCUT2D eigenvalue weighted by Gasteiger charge is -2.34. The quantitative estimate of drug-likeness (QED) is 0.317. The molecular formula is C33H38N2O6. The zero-order valence-corrected chi connectivity index (χ0v) is 24.0. The van der Waals surface area contributed by atoms with Gasteiger partial charge in [-0.05, 0) is 55.5 Å². The average molecular weight is 559 g/mol. The van der Waals surface area contributed by atoms with E-state index in [0.29, 0.717) is 0 Å². The topological polar surface area (TPSA) is 105 Å². The van der Waals surface area contributed by atoms with Crippen molar-refractivity contribution in [2.75, 3.05) is 13.2 Å². The minimum atomic E-state index is -1.10. The number of alkyl carbamates (subject to hydrolysis) is 1. The second-order valence-corrected chi connectivity index (χ2v) is 11.3. The fourth-order valence-electron chi connectivity index (χ4n) is 5.27. The number of carbonyl (C=O) groups is 3. The number of carboxylic acids is 1. The standard InChI is InChI=1S/C33H38N2O6/c1-22(41-33(2,3)4)30(31(38)35(19-18-29(36)37)20-23-12-6-5-7-13-23)34-32(39)40-21-28-26-16-10-8-14-24(26)25-15-9-11-17-27(25)28/h5-17,22,28,30H,18-21H2,1-4H3,(H,34,39)(H,36,37)/t22-,30+/m1/s1. The molecule has 0 heterocycles. The number of benzene rings is 3. The van der Waals surface area contributed by atoms with Crippen molar-refractivity contribution in [1.29, 1.82) is 0 Å². The Balaban J connectivity index is 1.52. The van der Waals surface area contributed by atoms with Crippen molar-refractivity contribution in [2.24, 2.45) is 0 Å². The normalized spacial score (nSPS) is 14.0. The van der Waals surface area contributed by atoms with Crippen molar-refractivity contribution in [1.82, 2.24) is 10.2 Å². The number of carbonyl (C=O) groups excluding carboxylic acids is 2. The van der Waals surface area contributed by atoms with Gasteiger partial charge in [0.25, 0.3) is 0 Å². The number of rotatable bonds is 11. The van der Waals surface area contributed by atoms with Gasteiger partial charge in [-0.15, -0.1) is 0 Å². The number of nitrogens with zero attached hydrogens (tertiary/aromatic N) is 1. The molecule has 4 rings (SSSR count). The van der Waals surface area contributed by atoms with Crippen LogP contribution in [0.4, 0.5) is 4.79 Å². The molecule has 216 valence electrons. The Morgan fingerprint density at radius 3 is 2.02 bits per heavy atom. The van der Waals surface area contributed by atoms with E-state index in [-0.39, 0.29) is 32.0 Å². The molecule has 0 aliphatic heterocycles. The van der Waals surface area contributed by atoms with Crippen LogP contribution in [-0.2, 0) is 25.6 Å². The van der Waals surface area contributed by atoms with E-state index >= 15 is 0 Å². The second-order valence-electron chi connectivity index (χ2n) is 11.3. The lowest BCUT2D eigenvalue weighted by molar-refractivity contribution is -0.143. The first kappa shape index (κ1) is 29.8. The summed E-state index contributed by atoms with van der Waals surface area (Å²) in [5.74, 6) is -1.59. The molecule has 0 fully saturated rings. The third-order valence-electron chi connectivity index (χ3n) is 7.02. The van der Waals surface area contributed by atoms with E-state index < -0.39 is 35.7 Å². The summed E-state index contributed by atoms with van der Waals surface area (Å²) in [7, 11) is 0. The highest BCUT2D eigenvalue weighted by atomic mass is 16.6. The van der Waals surface area contributed by atoms with E-state index in [2.05, 4.69) is 17.4 Å². The van der Waals surface area contributed by atoms with E-state index in [9.17, 15) is 19.5 Å². The number of nitrogens with one attached hydrogen (secondary N) is 1. The molecule has 3 aromatic rings. The summed E-state index contributed by atoms with van der Waals surface area (Å²) in [5.41, 5.74) is 4.66. The third-order valence-corrected chi connectivity index (χ3v) is 7.02. The minimum Gasteiger partial charge on any atom is -0.481 e. The molecule has 0 saturated heterocycles. The van der Waals surface area contributed by atoms with E-state index in [0.717, 1.165) is 27.8 Å². The Labute approximate surface area is 241 Å². The van der Waals surface area contributed by atoms with Crippen LogP contribution in [0.3, 0.4) is 0 Å². The molecule has 2 atom stereocenters. The van der Waals surface area contributed by atoms with E-state index in [1.165, 1.54) is 4.90 Å². The maximum atomic E-state index is 13.9. The molecule has 8 heteroatoms. The molecule has 0 bridgehead atoms. The predicted octanol–water partition coefficient (Wildman–Crippen LogP) is 5.60. The number of carboxylic acid groups (broad SMARTS) is 1. The zero-order chi connectivity index (χ0) is 29.6. The van der Waals surface area contributed by atoms with Crippen molar-refractivity contribution in [2.45, 2.75) is 64.3 Å². The van der Waals surface area contributed by atoms with Gasteiger partial charge < -0.3 is 24.8 Å². The van der Waals surface area contributed by atoms with Gasteiger partial charge in [0, 0.05) is 19.0 Å². The fourth-order valence-corrected chi connectivity index (χ4v) is 5.27. The van der Waals surface area contributed by atoms with Gasteiger partial charge in [-0.3, -0.25) is 9.59 Å². The molecule has 0 radical (unpaired) electrons. The van der Waals surface area contributed by atoms with Gasteiger partial charge in [0.2, 0.25) is 5.91 Å². The molecule has 1 aliphatic rings. The third kappa shape index (κ3) is 7.73. The van der Waals surface area contributed by atoms with Gasteiger partial charge in [0.1, 0.15) is 12.6 Å². The molecule has 2 amide bonds. The lowest BCUT2D eigenvalue weighted by Crippen LogP contribution is -2.55. The van der Waals surface area contributed by atoms with E-state index in [1.807, 2.05) is 87.5 Å². The number of amides is 2. The van der Waals surface area contributed by atoms with E-state index in [1.54, 1.807) is 6.92 Å². The number of hydrogen-bond donors (Lipinski definition) is 2. The van der Waals surface area contributed by atoms with Crippen molar-refractivity contribution in [3.05, 3.63) is 95.6 Å². The van der Waals surface area contributed by atoms with Crippen LogP contribution in [0.2, 0.25) is 0 Å². The maximum absolute atomic E-state index is 13.9. The fraction of sp³-hybridized carbons (Fsp3) is 0.364. The van der Waals surface area contributed by atoms with Gasteiger partial charge >= 0.3 is 12.1 Å². The molecule has 1 aliphatic carbocycles. The highest BCUT2D eigenvalue weighted by molar-refractivity contribution is 5.87. The van der Waals surface area contributed by atoms with E-state index in [4.69, 9.17) is 9.47 Å². The first-order chi connectivity index (χ1) is 19.5. The molecule has 41 heavy (non-hydrogen) atoms. The first-order valence-electron chi connectivity index (χ1n) is 13.9. The number of ether oxygens (including phenoxy) is 2. The van der Waals surface area contributed by atoms with Crippen LogP contribution < -0.4 is 5.32 Å². The second kappa shape index (κ2) is 13.0. The Kier molecular flexibility index (Phi) is 9.45. The molecule has 2 N–H and O–H groups in total. The smallest absolute Gasteiger partial charge is 0.407 e. The molecule has 0 saturated carbocycles. The molecular weight excluding hydrogens is 520 g/mol. The largest absolute Gasteiger partial charge is 0.481 e. The van der Waals surface area contributed by atoms with Crippen LogP contribution in [0.15, 0.2) is 78.9 Å². The van der Waals surface area contributed by atoms with Gasteiger partial charge in [-0.2, -0.15) is 0 Å². The minimum absolute atomic E-state index is 0.0197. The molecule has 0 spiro atoms. The monoisotopic (exact) mass is 558 g/mol.